The molecule has 1 aliphatic heterocycles. The Morgan fingerprint density at radius 3 is 2.35 bits per heavy atom. The van der Waals surface area contributed by atoms with Gasteiger partial charge >= 0.3 is 0 Å². The van der Waals surface area contributed by atoms with E-state index in [-0.39, 0.29) is 5.91 Å². The van der Waals surface area contributed by atoms with Crippen molar-refractivity contribution in [1.29, 1.82) is 0 Å². The number of carbonyl (C=O) groups excluding carboxylic acids is 1. The molecule has 1 fully saturated rings. The molecule has 0 bridgehead atoms. The van der Waals surface area contributed by atoms with Crippen LogP contribution >= 0.6 is 0 Å². The second-order valence-corrected chi connectivity index (χ2v) is 8.15. The van der Waals surface area contributed by atoms with Gasteiger partial charge in [0.05, 0.1) is 18.4 Å². The van der Waals surface area contributed by atoms with Crippen molar-refractivity contribution in [3.05, 3.63) is 90.6 Å². The molecule has 0 saturated carbocycles. The van der Waals surface area contributed by atoms with Crippen LogP contribution in [0.5, 0.6) is 5.75 Å². The molecule has 4 aromatic rings. The molecule has 34 heavy (non-hydrogen) atoms. The van der Waals surface area contributed by atoms with E-state index in [4.69, 9.17) is 9.15 Å². The first-order chi connectivity index (χ1) is 16.7. The molecule has 6 nitrogen and oxygen atoms in total. The molecule has 0 N–H and O–H groups in total. The number of piperazine rings is 1. The van der Waals surface area contributed by atoms with Gasteiger partial charge in [0, 0.05) is 43.0 Å². The van der Waals surface area contributed by atoms with Crippen LogP contribution in [0.15, 0.2) is 89.5 Å². The molecule has 2 heterocycles. The first-order valence-electron chi connectivity index (χ1n) is 11.6. The van der Waals surface area contributed by atoms with Crippen molar-refractivity contribution in [3.8, 4) is 28.5 Å². The summed E-state index contributed by atoms with van der Waals surface area (Å²) in [7, 11) is 0. The number of aromatic nitrogens is 1. The summed E-state index contributed by atoms with van der Waals surface area (Å²) in [6.07, 6.45) is 1.70. The lowest BCUT2D eigenvalue weighted by Gasteiger charge is -2.36. The van der Waals surface area contributed by atoms with Crippen LogP contribution in [-0.4, -0.2) is 48.6 Å². The van der Waals surface area contributed by atoms with Gasteiger partial charge in [-0.15, -0.1) is 0 Å². The zero-order chi connectivity index (χ0) is 23.3. The minimum atomic E-state index is 0.00382. The van der Waals surface area contributed by atoms with Crippen LogP contribution in [0.4, 0.5) is 5.69 Å². The summed E-state index contributed by atoms with van der Waals surface area (Å²) in [6, 6.07) is 25.6. The van der Waals surface area contributed by atoms with Crippen LogP contribution in [0.2, 0.25) is 0 Å². The first kappa shape index (κ1) is 21.8. The topological polar surface area (TPSA) is 58.8 Å². The van der Waals surface area contributed by atoms with Crippen molar-refractivity contribution in [2.75, 3.05) is 37.7 Å². The van der Waals surface area contributed by atoms with Gasteiger partial charge in [0.25, 0.3) is 5.91 Å². The number of nitrogens with zero attached hydrogens (tertiary/aromatic N) is 3. The fourth-order valence-electron chi connectivity index (χ4n) is 4.25. The molecule has 6 heteroatoms. The Labute approximate surface area is 199 Å². The average molecular weight is 454 g/mol. The Morgan fingerprint density at radius 1 is 0.912 bits per heavy atom. The molecule has 0 atom stereocenters. The minimum Gasteiger partial charge on any atom is -0.494 e. The minimum absolute atomic E-state index is 0.00382. The molecular weight excluding hydrogens is 426 g/mol. The maximum Gasteiger partial charge on any atom is 0.254 e. The number of carbonyl (C=O) groups is 1. The molecule has 0 aliphatic carbocycles. The van der Waals surface area contributed by atoms with Crippen molar-refractivity contribution >= 4 is 11.6 Å². The molecule has 1 aliphatic rings. The summed E-state index contributed by atoms with van der Waals surface area (Å²) >= 11 is 0. The molecule has 3 aromatic carbocycles. The highest BCUT2D eigenvalue weighted by atomic mass is 16.5. The Bertz CT molecular complexity index is 1240. The number of hydrogen-bond acceptors (Lipinski definition) is 5. The number of hydrogen-bond donors (Lipinski definition) is 0. The van der Waals surface area contributed by atoms with Gasteiger partial charge in [0.2, 0.25) is 5.89 Å². The third kappa shape index (κ3) is 4.53. The molecule has 0 unspecified atom stereocenters. The third-order valence-electron chi connectivity index (χ3n) is 6.03. The van der Waals surface area contributed by atoms with Crippen LogP contribution in [0.3, 0.4) is 0 Å². The Kier molecular flexibility index (Phi) is 6.29. The van der Waals surface area contributed by atoms with E-state index in [1.54, 1.807) is 6.20 Å². The largest absolute Gasteiger partial charge is 0.494 e. The Morgan fingerprint density at radius 2 is 1.62 bits per heavy atom. The Balaban J connectivity index is 1.33. The zero-order valence-corrected chi connectivity index (χ0v) is 19.2. The van der Waals surface area contributed by atoms with E-state index in [1.165, 1.54) is 5.69 Å². The maximum absolute atomic E-state index is 13.4. The van der Waals surface area contributed by atoms with Gasteiger partial charge in [-0.3, -0.25) is 4.79 Å². The first-order valence-corrected chi connectivity index (χ1v) is 11.6. The summed E-state index contributed by atoms with van der Waals surface area (Å²) < 4.78 is 11.6. The summed E-state index contributed by atoms with van der Waals surface area (Å²) in [6.45, 7) is 5.53. The lowest BCUT2D eigenvalue weighted by Crippen LogP contribution is -2.48. The second-order valence-electron chi connectivity index (χ2n) is 8.15. The molecule has 172 valence electrons. The summed E-state index contributed by atoms with van der Waals surface area (Å²) in [5.74, 6) is 1.91. The number of para-hydroxylation sites is 1. The van der Waals surface area contributed by atoms with E-state index in [1.807, 2.05) is 78.6 Å². The number of rotatable bonds is 6. The molecule has 1 amide bonds. The molecular formula is C28H27N3O3. The SMILES string of the molecule is CCOc1ccc(-c2cnc(-c3ccccc3C(=O)N3CCN(c4ccccc4)CC3)o2)cc1. The predicted molar refractivity (Wildman–Crippen MR) is 133 cm³/mol. The van der Waals surface area contributed by atoms with E-state index >= 15 is 0 Å². The predicted octanol–water partition coefficient (Wildman–Crippen LogP) is 5.37. The van der Waals surface area contributed by atoms with Gasteiger partial charge in [-0.25, -0.2) is 4.98 Å². The number of oxazole rings is 1. The van der Waals surface area contributed by atoms with E-state index in [2.05, 4.69) is 22.0 Å². The third-order valence-corrected chi connectivity index (χ3v) is 6.03. The van der Waals surface area contributed by atoms with Gasteiger partial charge in [-0.05, 0) is 55.5 Å². The lowest BCUT2D eigenvalue weighted by molar-refractivity contribution is 0.0747. The highest BCUT2D eigenvalue weighted by molar-refractivity contribution is 6.00. The number of anilines is 1. The van der Waals surface area contributed by atoms with Crippen molar-refractivity contribution in [1.82, 2.24) is 9.88 Å². The van der Waals surface area contributed by atoms with E-state index < -0.39 is 0 Å². The van der Waals surface area contributed by atoms with E-state index in [0.29, 0.717) is 42.5 Å². The Hall–Kier alpha value is -4.06. The average Bonchev–Trinajstić information content (AvgIpc) is 3.40. The van der Waals surface area contributed by atoms with Crippen molar-refractivity contribution in [2.24, 2.45) is 0 Å². The number of ether oxygens (including phenoxy) is 1. The lowest BCUT2D eigenvalue weighted by atomic mass is 10.1. The van der Waals surface area contributed by atoms with Crippen LogP contribution in [0.25, 0.3) is 22.8 Å². The molecule has 1 saturated heterocycles. The van der Waals surface area contributed by atoms with Gasteiger partial charge < -0.3 is 19.0 Å². The zero-order valence-electron chi connectivity index (χ0n) is 19.2. The number of amides is 1. The van der Waals surface area contributed by atoms with Crippen LogP contribution in [0.1, 0.15) is 17.3 Å². The second kappa shape index (κ2) is 9.83. The van der Waals surface area contributed by atoms with Crippen LogP contribution in [0, 0.1) is 0 Å². The molecule has 1 aromatic heterocycles. The van der Waals surface area contributed by atoms with Gasteiger partial charge in [-0.2, -0.15) is 0 Å². The van der Waals surface area contributed by atoms with Crippen molar-refractivity contribution in [3.63, 3.8) is 0 Å². The fraction of sp³-hybridized carbons (Fsp3) is 0.214. The normalized spacial score (nSPS) is 13.7. The monoisotopic (exact) mass is 453 g/mol. The van der Waals surface area contributed by atoms with Crippen LogP contribution in [-0.2, 0) is 0 Å². The summed E-state index contributed by atoms with van der Waals surface area (Å²) in [5, 5.41) is 0. The summed E-state index contributed by atoms with van der Waals surface area (Å²) in [5.41, 5.74) is 3.41. The highest BCUT2D eigenvalue weighted by Gasteiger charge is 2.25. The van der Waals surface area contributed by atoms with Gasteiger partial charge in [0.1, 0.15) is 5.75 Å². The highest BCUT2D eigenvalue weighted by Crippen LogP contribution is 2.30. The standard InChI is InChI=1S/C28H27N3O3/c1-2-33-23-14-12-21(13-15-23)26-20-29-27(34-26)24-10-6-7-11-25(24)28(32)31-18-16-30(17-19-31)22-8-4-3-5-9-22/h3-15,20H,2,16-19H2,1H3. The van der Waals surface area contributed by atoms with E-state index in [9.17, 15) is 4.79 Å². The van der Waals surface area contributed by atoms with Crippen molar-refractivity contribution < 1.29 is 13.9 Å². The molecule has 0 spiro atoms. The van der Waals surface area contributed by atoms with Gasteiger partial charge in [0.15, 0.2) is 5.76 Å². The van der Waals surface area contributed by atoms with Crippen molar-refractivity contribution in [2.45, 2.75) is 6.92 Å². The maximum atomic E-state index is 13.4. The number of benzene rings is 3. The van der Waals surface area contributed by atoms with E-state index in [0.717, 1.165) is 24.4 Å². The quantitative estimate of drug-likeness (QED) is 0.393. The molecule has 0 radical (unpaired) electrons. The van der Waals surface area contributed by atoms with Crippen LogP contribution < -0.4 is 9.64 Å². The summed E-state index contributed by atoms with van der Waals surface area (Å²) in [4.78, 5) is 22.1. The molecule has 5 rings (SSSR count). The van der Waals surface area contributed by atoms with Gasteiger partial charge in [-0.1, -0.05) is 30.3 Å². The smallest absolute Gasteiger partial charge is 0.254 e. The fourth-order valence-corrected chi connectivity index (χ4v) is 4.25.